The van der Waals surface area contributed by atoms with Crippen molar-refractivity contribution in [2.75, 3.05) is 13.2 Å². The second-order valence-corrected chi connectivity index (χ2v) is 6.51. The first-order chi connectivity index (χ1) is 13.2. The molecular weight excluding hydrogens is 342 g/mol. The molecule has 0 unspecified atom stereocenters. The van der Waals surface area contributed by atoms with Crippen LogP contribution in [0.3, 0.4) is 0 Å². The second kappa shape index (κ2) is 7.53. The fourth-order valence-electron chi connectivity index (χ4n) is 3.11. The van der Waals surface area contributed by atoms with E-state index in [0.29, 0.717) is 25.4 Å². The molecule has 0 aliphatic carbocycles. The van der Waals surface area contributed by atoms with E-state index in [9.17, 15) is 4.79 Å². The molecular formula is C21H21N3O3. The van der Waals surface area contributed by atoms with Crippen LogP contribution in [-0.4, -0.2) is 28.7 Å². The van der Waals surface area contributed by atoms with Gasteiger partial charge in [-0.1, -0.05) is 18.2 Å². The number of hydrogen-bond acceptors (Lipinski definition) is 4. The summed E-state index contributed by atoms with van der Waals surface area (Å²) in [7, 11) is 0. The van der Waals surface area contributed by atoms with Gasteiger partial charge in [0.05, 0.1) is 18.8 Å². The molecule has 138 valence electrons. The van der Waals surface area contributed by atoms with Gasteiger partial charge < -0.3 is 19.4 Å². The van der Waals surface area contributed by atoms with E-state index in [1.807, 2.05) is 60.2 Å². The van der Waals surface area contributed by atoms with Crippen molar-refractivity contribution < 1.29 is 14.3 Å². The van der Waals surface area contributed by atoms with Crippen molar-refractivity contribution in [3.8, 4) is 17.2 Å². The summed E-state index contributed by atoms with van der Waals surface area (Å²) in [6.07, 6.45) is 5.70. The first-order valence-electron chi connectivity index (χ1n) is 8.95. The molecule has 0 saturated carbocycles. The minimum absolute atomic E-state index is 0.0298. The third-order valence-electron chi connectivity index (χ3n) is 4.54. The molecule has 1 amide bonds. The van der Waals surface area contributed by atoms with Gasteiger partial charge in [-0.25, -0.2) is 4.98 Å². The van der Waals surface area contributed by atoms with E-state index in [-0.39, 0.29) is 11.9 Å². The van der Waals surface area contributed by atoms with Gasteiger partial charge in [-0.2, -0.15) is 0 Å². The van der Waals surface area contributed by atoms with Crippen LogP contribution in [0.5, 0.6) is 11.5 Å². The molecule has 1 N–H and O–H groups in total. The molecule has 1 aromatic heterocycles. The Morgan fingerprint density at radius 2 is 1.93 bits per heavy atom. The highest BCUT2D eigenvalue weighted by molar-refractivity contribution is 5.79. The van der Waals surface area contributed by atoms with Crippen LogP contribution in [0.2, 0.25) is 0 Å². The van der Waals surface area contributed by atoms with Gasteiger partial charge >= 0.3 is 0 Å². The molecule has 4 rings (SSSR count). The number of imidazole rings is 1. The lowest BCUT2D eigenvalue weighted by molar-refractivity contribution is -0.121. The van der Waals surface area contributed by atoms with Crippen molar-refractivity contribution >= 4 is 5.91 Å². The van der Waals surface area contributed by atoms with Crippen molar-refractivity contribution in [2.45, 2.75) is 19.4 Å². The van der Waals surface area contributed by atoms with Gasteiger partial charge in [-0.05, 0) is 42.3 Å². The molecule has 27 heavy (non-hydrogen) atoms. The van der Waals surface area contributed by atoms with Gasteiger partial charge in [0, 0.05) is 18.1 Å². The Morgan fingerprint density at radius 3 is 2.67 bits per heavy atom. The Bertz CT molecular complexity index is 920. The van der Waals surface area contributed by atoms with Crippen LogP contribution in [0.4, 0.5) is 0 Å². The summed E-state index contributed by atoms with van der Waals surface area (Å²) in [5.74, 6) is 1.41. The quantitative estimate of drug-likeness (QED) is 0.757. The lowest BCUT2D eigenvalue weighted by Crippen LogP contribution is -2.28. The summed E-state index contributed by atoms with van der Waals surface area (Å²) in [6.45, 7) is 3.08. The molecule has 0 spiro atoms. The molecule has 2 heterocycles. The molecule has 0 radical (unpaired) electrons. The lowest BCUT2D eigenvalue weighted by atomic mass is 10.1. The normalized spacial score (nSPS) is 13.8. The van der Waals surface area contributed by atoms with Crippen molar-refractivity contribution in [1.29, 1.82) is 0 Å². The summed E-state index contributed by atoms with van der Waals surface area (Å²) in [6, 6.07) is 13.6. The number of ether oxygens (including phenoxy) is 2. The molecule has 1 aliphatic rings. The monoisotopic (exact) mass is 363 g/mol. The van der Waals surface area contributed by atoms with E-state index in [1.54, 1.807) is 12.5 Å². The van der Waals surface area contributed by atoms with E-state index in [4.69, 9.17) is 9.47 Å². The third-order valence-corrected chi connectivity index (χ3v) is 4.54. The van der Waals surface area contributed by atoms with E-state index in [0.717, 1.165) is 22.6 Å². The number of carbonyl (C=O) groups excluding carboxylic acids is 1. The average molecular weight is 363 g/mol. The Balaban J connectivity index is 1.37. The zero-order valence-electron chi connectivity index (χ0n) is 15.1. The number of carbonyl (C=O) groups is 1. The molecule has 0 saturated heterocycles. The lowest BCUT2D eigenvalue weighted by Gasteiger charge is -2.19. The van der Waals surface area contributed by atoms with Crippen LogP contribution >= 0.6 is 0 Å². The topological polar surface area (TPSA) is 65.4 Å². The summed E-state index contributed by atoms with van der Waals surface area (Å²) in [4.78, 5) is 16.5. The third kappa shape index (κ3) is 3.95. The number of aromatic nitrogens is 2. The SMILES string of the molecule is C[C@@H](NC(=O)Cc1ccc2c(c1)OCCO2)c1ccc(-n2ccnc2)cc1. The molecule has 6 nitrogen and oxygen atoms in total. The number of amides is 1. The largest absolute Gasteiger partial charge is 0.486 e. The molecule has 1 aliphatic heterocycles. The molecule has 2 aromatic carbocycles. The zero-order valence-corrected chi connectivity index (χ0v) is 15.1. The summed E-state index contributed by atoms with van der Waals surface area (Å²) in [5.41, 5.74) is 2.99. The second-order valence-electron chi connectivity index (χ2n) is 6.51. The zero-order chi connectivity index (χ0) is 18.6. The van der Waals surface area contributed by atoms with Crippen molar-refractivity contribution in [3.05, 3.63) is 72.3 Å². The molecule has 0 bridgehead atoms. The first-order valence-corrected chi connectivity index (χ1v) is 8.95. The number of nitrogens with one attached hydrogen (secondary N) is 1. The minimum atomic E-state index is -0.0773. The average Bonchev–Trinajstić information content (AvgIpc) is 3.23. The van der Waals surface area contributed by atoms with Crippen LogP contribution in [-0.2, 0) is 11.2 Å². The first kappa shape index (κ1) is 17.1. The highest BCUT2D eigenvalue weighted by Crippen LogP contribution is 2.30. The van der Waals surface area contributed by atoms with Crippen molar-refractivity contribution in [1.82, 2.24) is 14.9 Å². The predicted molar refractivity (Wildman–Crippen MR) is 101 cm³/mol. The molecule has 3 aromatic rings. The van der Waals surface area contributed by atoms with Gasteiger partial charge in [-0.3, -0.25) is 4.79 Å². The van der Waals surface area contributed by atoms with Gasteiger partial charge in [0.15, 0.2) is 11.5 Å². The maximum atomic E-state index is 12.4. The summed E-state index contributed by atoms with van der Waals surface area (Å²) >= 11 is 0. The minimum Gasteiger partial charge on any atom is -0.486 e. The van der Waals surface area contributed by atoms with Crippen molar-refractivity contribution in [3.63, 3.8) is 0 Å². The van der Waals surface area contributed by atoms with E-state index >= 15 is 0 Å². The molecule has 6 heteroatoms. The highest BCUT2D eigenvalue weighted by atomic mass is 16.6. The number of nitrogens with zero attached hydrogens (tertiary/aromatic N) is 2. The van der Waals surface area contributed by atoms with E-state index in [1.165, 1.54) is 0 Å². The Hall–Kier alpha value is -3.28. The van der Waals surface area contributed by atoms with Crippen LogP contribution < -0.4 is 14.8 Å². The molecule has 1 atom stereocenters. The van der Waals surface area contributed by atoms with Crippen LogP contribution in [0.25, 0.3) is 5.69 Å². The number of rotatable bonds is 5. The van der Waals surface area contributed by atoms with Gasteiger partial charge in [-0.15, -0.1) is 0 Å². The maximum Gasteiger partial charge on any atom is 0.224 e. The van der Waals surface area contributed by atoms with Crippen LogP contribution in [0, 0.1) is 0 Å². The fraction of sp³-hybridized carbons (Fsp3) is 0.238. The summed E-state index contributed by atoms with van der Waals surface area (Å²) < 4.78 is 13.0. The number of benzene rings is 2. The molecule has 0 fully saturated rings. The number of hydrogen-bond donors (Lipinski definition) is 1. The Labute approximate surface area is 157 Å². The predicted octanol–water partition coefficient (Wildman–Crippen LogP) is 3.06. The fourth-order valence-corrected chi connectivity index (χ4v) is 3.11. The van der Waals surface area contributed by atoms with E-state index in [2.05, 4.69) is 10.3 Å². The van der Waals surface area contributed by atoms with Crippen LogP contribution in [0.1, 0.15) is 24.1 Å². The van der Waals surface area contributed by atoms with Gasteiger partial charge in [0.25, 0.3) is 0 Å². The van der Waals surface area contributed by atoms with E-state index < -0.39 is 0 Å². The maximum absolute atomic E-state index is 12.4. The van der Waals surface area contributed by atoms with Gasteiger partial charge in [0.2, 0.25) is 5.91 Å². The number of fused-ring (bicyclic) bond motifs is 1. The highest BCUT2D eigenvalue weighted by Gasteiger charge is 2.14. The smallest absolute Gasteiger partial charge is 0.224 e. The Kier molecular flexibility index (Phi) is 4.78. The van der Waals surface area contributed by atoms with Crippen LogP contribution in [0.15, 0.2) is 61.2 Å². The van der Waals surface area contributed by atoms with Crippen molar-refractivity contribution in [2.24, 2.45) is 0 Å². The summed E-state index contributed by atoms with van der Waals surface area (Å²) in [5, 5.41) is 3.05. The Morgan fingerprint density at radius 1 is 1.15 bits per heavy atom. The standard InChI is InChI=1S/C21H21N3O3/c1-15(17-3-5-18(6-4-17)24-9-8-22-14-24)23-21(25)13-16-2-7-19-20(12-16)27-11-10-26-19/h2-9,12,14-15H,10-11,13H2,1H3,(H,23,25)/t15-/m1/s1. The van der Waals surface area contributed by atoms with Gasteiger partial charge in [0.1, 0.15) is 13.2 Å².